The number of hydrogen-bond acceptors (Lipinski definition) is 4. The van der Waals surface area contributed by atoms with E-state index in [1.807, 2.05) is 11.9 Å². The summed E-state index contributed by atoms with van der Waals surface area (Å²) >= 11 is 3.63. The van der Waals surface area contributed by atoms with E-state index in [1.165, 1.54) is 15.5 Å². The van der Waals surface area contributed by atoms with Crippen LogP contribution in [0.4, 0.5) is 0 Å². The van der Waals surface area contributed by atoms with Crippen molar-refractivity contribution in [2.24, 2.45) is 0 Å². The first-order valence-corrected chi connectivity index (χ1v) is 7.27. The average Bonchev–Trinajstić information content (AvgIpc) is 2.75. The lowest BCUT2D eigenvalue weighted by atomic mass is 10.2. The van der Waals surface area contributed by atoms with Crippen LogP contribution in [-0.4, -0.2) is 23.4 Å². The predicted molar refractivity (Wildman–Crippen MR) is 76.8 cm³/mol. The van der Waals surface area contributed by atoms with Crippen LogP contribution in [0.3, 0.4) is 0 Å². The number of nitrogens with zero attached hydrogens (tertiary/aromatic N) is 1. The highest BCUT2D eigenvalue weighted by Crippen LogP contribution is 2.40. The molecule has 1 aliphatic heterocycles. The molecule has 0 atom stereocenters. The van der Waals surface area contributed by atoms with Crippen LogP contribution in [0, 0.1) is 12.3 Å². The van der Waals surface area contributed by atoms with E-state index in [9.17, 15) is 0 Å². The summed E-state index contributed by atoms with van der Waals surface area (Å²) in [5.74, 6) is 2.60. The summed E-state index contributed by atoms with van der Waals surface area (Å²) in [6.45, 7) is 5.86. The first kappa shape index (κ1) is 12.6. The molecule has 0 radical (unpaired) electrons. The molecular formula is C13H16N2S2. The normalized spacial score (nSPS) is 14.5. The number of hydrogen-bond donors (Lipinski definition) is 1. The van der Waals surface area contributed by atoms with Crippen molar-refractivity contribution < 1.29 is 0 Å². The summed E-state index contributed by atoms with van der Waals surface area (Å²) in [6, 6.07) is 2.65. The third-order valence-corrected chi connectivity index (χ3v) is 4.94. The second kappa shape index (κ2) is 5.63. The van der Waals surface area contributed by atoms with Crippen molar-refractivity contribution in [1.29, 1.82) is 0 Å². The molecule has 4 heteroatoms. The van der Waals surface area contributed by atoms with Gasteiger partial charge in [-0.15, -0.1) is 17.8 Å². The summed E-state index contributed by atoms with van der Waals surface area (Å²) in [5, 5.41) is 5.40. The summed E-state index contributed by atoms with van der Waals surface area (Å²) < 4.78 is 3.72. The second-order valence-corrected chi connectivity index (χ2v) is 6.28. The average molecular weight is 264 g/mol. The van der Waals surface area contributed by atoms with Crippen molar-refractivity contribution in [2.45, 2.75) is 24.1 Å². The van der Waals surface area contributed by atoms with Crippen LogP contribution in [0.25, 0.3) is 6.08 Å². The first-order valence-electron chi connectivity index (χ1n) is 5.62. The van der Waals surface area contributed by atoms with Gasteiger partial charge in [-0.1, -0.05) is 5.92 Å². The molecule has 2 heterocycles. The van der Waals surface area contributed by atoms with Crippen molar-refractivity contribution in [2.75, 3.05) is 13.1 Å². The van der Waals surface area contributed by atoms with Gasteiger partial charge in [0.1, 0.15) is 0 Å². The van der Waals surface area contributed by atoms with E-state index in [0.29, 0.717) is 12.6 Å². The van der Waals surface area contributed by atoms with E-state index in [1.54, 1.807) is 11.3 Å². The Bertz CT molecular complexity index is 454. The maximum absolute atomic E-state index is 5.25. The third kappa shape index (κ3) is 2.86. The van der Waals surface area contributed by atoms with Gasteiger partial charge in [0.25, 0.3) is 0 Å². The molecule has 0 unspecified atom stereocenters. The zero-order valence-corrected chi connectivity index (χ0v) is 11.7. The van der Waals surface area contributed by atoms with Crippen LogP contribution < -0.4 is 5.32 Å². The fourth-order valence-electron chi connectivity index (χ4n) is 1.71. The van der Waals surface area contributed by atoms with Crippen molar-refractivity contribution in [3.05, 3.63) is 22.7 Å². The van der Waals surface area contributed by atoms with Crippen LogP contribution in [0.2, 0.25) is 0 Å². The van der Waals surface area contributed by atoms with Gasteiger partial charge in [0, 0.05) is 23.8 Å². The largest absolute Gasteiger partial charge is 0.312 e. The van der Waals surface area contributed by atoms with Crippen molar-refractivity contribution in [3.8, 4) is 12.3 Å². The van der Waals surface area contributed by atoms with E-state index >= 15 is 0 Å². The number of fused-ring (bicyclic) bond motifs is 1. The molecule has 17 heavy (non-hydrogen) atoms. The molecule has 0 aromatic carbocycles. The van der Waals surface area contributed by atoms with Crippen LogP contribution in [-0.2, 0) is 0 Å². The van der Waals surface area contributed by atoms with Gasteiger partial charge >= 0.3 is 0 Å². The highest BCUT2D eigenvalue weighted by molar-refractivity contribution is 7.99. The van der Waals surface area contributed by atoms with E-state index in [-0.39, 0.29) is 0 Å². The topological polar surface area (TPSA) is 15.3 Å². The third-order valence-electron chi connectivity index (χ3n) is 2.45. The van der Waals surface area contributed by atoms with Crippen molar-refractivity contribution >= 4 is 29.4 Å². The minimum absolute atomic E-state index is 0.481. The van der Waals surface area contributed by atoms with Crippen LogP contribution >= 0.6 is 23.3 Å². The van der Waals surface area contributed by atoms with Gasteiger partial charge in [0.05, 0.1) is 10.8 Å². The second-order valence-electron chi connectivity index (χ2n) is 4.12. The van der Waals surface area contributed by atoms with Crippen molar-refractivity contribution in [3.63, 3.8) is 0 Å². The molecule has 0 bridgehead atoms. The smallest absolute Gasteiger partial charge is 0.0882 e. The minimum atomic E-state index is 0.481. The van der Waals surface area contributed by atoms with Gasteiger partial charge < -0.3 is 9.62 Å². The Morgan fingerprint density at radius 1 is 1.53 bits per heavy atom. The molecule has 0 saturated heterocycles. The lowest BCUT2D eigenvalue weighted by molar-refractivity contribution is 0.461. The standard InChI is InChI=1S/C13H16N2S2/c1-4-6-14-9-12-8-11-5-7-16-13(11)17-15(12)10(2)3/h1,5,7-8,10,14H,6,9H2,2-3H3. The predicted octanol–water partition coefficient (Wildman–Crippen LogP) is 3.04. The van der Waals surface area contributed by atoms with E-state index in [0.717, 1.165) is 6.54 Å². The number of nitrogens with one attached hydrogen (secondary N) is 1. The molecule has 90 valence electrons. The van der Waals surface area contributed by atoms with E-state index < -0.39 is 0 Å². The maximum Gasteiger partial charge on any atom is 0.0882 e. The maximum atomic E-state index is 5.25. The fraction of sp³-hybridized carbons (Fsp3) is 0.385. The molecule has 1 N–H and O–H groups in total. The molecule has 0 spiro atoms. The highest BCUT2D eigenvalue weighted by Gasteiger charge is 2.21. The highest BCUT2D eigenvalue weighted by atomic mass is 32.2. The van der Waals surface area contributed by atoms with Gasteiger partial charge in [0.2, 0.25) is 0 Å². The molecule has 1 aromatic rings. The Morgan fingerprint density at radius 3 is 3.06 bits per heavy atom. The molecular weight excluding hydrogens is 248 g/mol. The Hall–Kier alpha value is -0.890. The Balaban J connectivity index is 2.16. The van der Waals surface area contributed by atoms with Crippen molar-refractivity contribution in [1.82, 2.24) is 9.62 Å². The Morgan fingerprint density at radius 2 is 2.35 bits per heavy atom. The monoisotopic (exact) mass is 264 g/mol. The van der Waals surface area contributed by atoms with Crippen LogP contribution in [0.15, 0.2) is 21.4 Å². The Kier molecular flexibility index (Phi) is 4.16. The fourth-order valence-corrected chi connectivity index (χ4v) is 3.74. The lowest BCUT2D eigenvalue weighted by Crippen LogP contribution is -2.31. The molecule has 1 aromatic heterocycles. The summed E-state index contributed by atoms with van der Waals surface area (Å²) in [7, 11) is 0. The molecule has 0 amide bonds. The van der Waals surface area contributed by atoms with E-state index in [2.05, 4.69) is 46.9 Å². The molecule has 2 rings (SSSR count). The Labute approximate surface area is 111 Å². The number of rotatable bonds is 4. The van der Waals surface area contributed by atoms with E-state index in [4.69, 9.17) is 6.42 Å². The SMILES string of the molecule is C#CCNCC1=Cc2ccsc2SN1C(C)C. The summed E-state index contributed by atoms with van der Waals surface area (Å²) in [4.78, 5) is 0. The molecule has 1 aliphatic rings. The summed E-state index contributed by atoms with van der Waals surface area (Å²) in [5.41, 5.74) is 2.63. The van der Waals surface area contributed by atoms with Crippen LogP contribution in [0.5, 0.6) is 0 Å². The molecule has 0 aliphatic carbocycles. The number of terminal acetylenes is 1. The number of thiophene rings is 1. The van der Waals surface area contributed by atoms with Gasteiger partial charge in [-0.25, -0.2) is 0 Å². The molecule has 2 nitrogen and oxygen atoms in total. The lowest BCUT2D eigenvalue weighted by Gasteiger charge is -2.32. The van der Waals surface area contributed by atoms with Crippen LogP contribution in [0.1, 0.15) is 19.4 Å². The zero-order valence-electron chi connectivity index (χ0n) is 10.1. The van der Waals surface area contributed by atoms with Gasteiger partial charge in [-0.3, -0.25) is 0 Å². The van der Waals surface area contributed by atoms with Gasteiger partial charge in [0.15, 0.2) is 0 Å². The van der Waals surface area contributed by atoms with Gasteiger partial charge in [-0.05, 0) is 43.3 Å². The first-order chi connectivity index (χ1) is 8.22. The van der Waals surface area contributed by atoms with Gasteiger partial charge in [-0.2, -0.15) is 0 Å². The molecule has 0 saturated carbocycles. The molecule has 0 fully saturated rings. The zero-order chi connectivity index (χ0) is 12.3. The minimum Gasteiger partial charge on any atom is -0.312 e. The quantitative estimate of drug-likeness (QED) is 0.511. The summed E-state index contributed by atoms with van der Waals surface area (Å²) in [6.07, 6.45) is 7.51.